The molecule has 4 heterocycles. The second-order valence-corrected chi connectivity index (χ2v) is 8.92. The quantitative estimate of drug-likeness (QED) is 0.327. The van der Waals surface area contributed by atoms with Gasteiger partial charge < -0.3 is 9.30 Å². The van der Waals surface area contributed by atoms with E-state index in [-0.39, 0.29) is 23.8 Å². The zero-order valence-corrected chi connectivity index (χ0v) is 17.7. The number of hydrogen-bond acceptors (Lipinski definition) is 2. The molecule has 0 bridgehead atoms. The zero-order chi connectivity index (χ0) is 21.4. The molecular weight excluding hydrogens is 396 g/mol. The summed E-state index contributed by atoms with van der Waals surface area (Å²) in [5.74, 6) is 1.11. The van der Waals surface area contributed by atoms with Crippen LogP contribution in [-0.4, -0.2) is 15.0 Å². The molecule has 7 rings (SSSR count). The van der Waals surface area contributed by atoms with Crippen molar-refractivity contribution in [1.82, 2.24) is 9.13 Å². The topological polar surface area (TPSA) is 36.2 Å². The lowest BCUT2D eigenvalue weighted by molar-refractivity contribution is 0.0808. The van der Waals surface area contributed by atoms with E-state index in [1.165, 1.54) is 16.6 Å². The van der Waals surface area contributed by atoms with Gasteiger partial charge in [0.2, 0.25) is 11.8 Å². The van der Waals surface area contributed by atoms with Crippen molar-refractivity contribution >= 4 is 27.7 Å². The summed E-state index contributed by atoms with van der Waals surface area (Å²) in [5, 5.41) is 2.37. The van der Waals surface area contributed by atoms with Crippen LogP contribution in [-0.2, 0) is 6.54 Å². The van der Waals surface area contributed by atoms with E-state index in [1.807, 2.05) is 18.2 Å². The number of nitrogens with zero attached hydrogens (tertiary/aromatic N) is 2. The number of carbonyl (C=O) groups excluding carboxylic acids is 1. The Hall–Kier alpha value is -3.79. The first-order valence-corrected chi connectivity index (χ1v) is 11.2. The number of carbonyl (C=O) groups is 1. The average Bonchev–Trinajstić information content (AvgIpc) is 3.46. The highest BCUT2D eigenvalue weighted by Gasteiger charge is 2.48. The number of aromatic nitrogens is 2. The Morgan fingerprint density at radius 2 is 1.62 bits per heavy atom. The highest BCUT2D eigenvalue weighted by Crippen LogP contribution is 2.56. The van der Waals surface area contributed by atoms with E-state index in [1.54, 1.807) is 11.5 Å². The van der Waals surface area contributed by atoms with Crippen LogP contribution in [0.1, 0.15) is 40.6 Å². The van der Waals surface area contributed by atoms with Gasteiger partial charge in [0.05, 0.1) is 5.52 Å². The first-order valence-electron chi connectivity index (χ1n) is 11.2. The van der Waals surface area contributed by atoms with Crippen LogP contribution >= 0.6 is 0 Å². The molecule has 0 fully saturated rings. The molecule has 0 aliphatic carbocycles. The maximum Gasteiger partial charge on any atom is 0.230 e. The summed E-state index contributed by atoms with van der Waals surface area (Å²) in [6, 6.07) is 29.6. The Morgan fingerprint density at radius 1 is 0.906 bits per heavy atom. The summed E-state index contributed by atoms with van der Waals surface area (Å²) in [5.41, 5.74) is 5.80. The van der Waals surface area contributed by atoms with Crippen LogP contribution in [0.25, 0.3) is 21.8 Å². The highest BCUT2D eigenvalue weighted by molar-refractivity contribution is 5.98. The minimum absolute atomic E-state index is 0.0220. The number of benzene rings is 3. The molecule has 0 radical (unpaired) electrons. The van der Waals surface area contributed by atoms with Crippen LogP contribution in [0.4, 0.5) is 0 Å². The van der Waals surface area contributed by atoms with Gasteiger partial charge in [-0.15, -0.1) is 0 Å². The predicted octanol–water partition coefficient (Wildman–Crippen LogP) is 6.15. The van der Waals surface area contributed by atoms with Gasteiger partial charge in [-0.3, -0.25) is 9.36 Å². The van der Waals surface area contributed by atoms with Gasteiger partial charge in [0, 0.05) is 47.5 Å². The number of hydrogen-bond donors (Lipinski definition) is 0. The highest BCUT2D eigenvalue weighted by atomic mass is 16.5. The second-order valence-electron chi connectivity index (χ2n) is 8.92. The normalized spacial score (nSPS) is 21.2. The fourth-order valence-corrected chi connectivity index (χ4v) is 6.00. The van der Waals surface area contributed by atoms with Crippen molar-refractivity contribution < 1.29 is 9.53 Å². The van der Waals surface area contributed by atoms with Crippen molar-refractivity contribution in [3.63, 3.8) is 0 Å². The Bertz CT molecular complexity index is 1530. The molecule has 3 atom stereocenters. The van der Waals surface area contributed by atoms with E-state index in [0.29, 0.717) is 5.88 Å². The molecule has 4 nitrogen and oxygen atoms in total. The molecule has 0 amide bonds. The molecule has 4 heteroatoms. The molecule has 0 N–H and O–H groups in total. The Labute approximate surface area is 185 Å². The fraction of sp³-hybridized carbons (Fsp3) is 0.179. The van der Waals surface area contributed by atoms with E-state index in [2.05, 4.69) is 71.3 Å². The third-order valence-corrected chi connectivity index (χ3v) is 7.23. The molecule has 0 spiro atoms. The minimum Gasteiger partial charge on any atom is -0.470 e. The van der Waals surface area contributed by atoms with Crippen LogP contribution in [0.5, 0.6) is 5.88 Å². The Morgan fingerprint density at radius 3 is 2.44 bits per heavy atom. The molecule has 156 valence electrons. The molecule has 2 aliphatic heterocycles. The van der Waals surface area contributed by atoms with Crippen molar-refractivity contribution in [3.8, 4) is 5.88 Å². The van der Waals surface area contributed by atoms with Gasteiger partial charge in [0.15, 0.2) is 0 Å². The van der Waals surface area contributed by atoms with E-state index < -0.39 is 0 Å². The fourth-order valence-electron chi connectivity index (χ4n) is 6.00. The minimum atomic E-state index is -0.116. The molecule has 3 aromatic carbocycles. The van der Waals surface area contributed by atoms with Crippen molar-refractivity contribution in [2.24, 2.45) is 5.92 Å². The lowest BCUT2D eigenvalue weighted by Crippen LogP contribution is -2.29. The summed E-state index contributed by atoms with van der Waals surface area (Å²) in [6.07, 6.45) is -0.116. The molecule has 1 unspecified atom stereocenters. The summed E-state index contributed by atoms with van der Waals surface area (Å²) < 4.78 is 11.0. The summed E-state index contributed by atoms with van der Waals surface area (Å²) in [4.78, 5) is 12.8. The van der Waals surface area contributed by atoms with Gasteiger partial charge in [-0.25, -0.2) is 0 Å². The lowest BCUT2D eigenvalue weighted by atomic mass is 9.78. The number of rotatable bonds is 1. The van der Waals surface area contributed by atoms with Gasteiger partial charge in [0.25, 0.3) is 0 Å². The van der Waals surface area contributed by atoms with E-state index in [0.717, 1.165) is 28.6 Å². The number of para-hydroxylation sites is 2. The average molecular weight is 418 g/mol. The lowest BCUT2D eigenvalue weighted by Gasteiger charge is -2.35. The summed E-state index contributed by atoms with van der Waals surface area (Å²) >= 11 is 0. The zero-order valence-electron chi connectivity index (χ0n) is 17.7. The van der Waals surface area contributed by atoms with Crippen LogP contribution in [0.15, 0.2) is 84.9 Å². The molecular formula is C28H22N2O2. The Balaban J connectivity index is 1.56. The Kier molecular flexibility index (Phi) is 3.55. The van der Waals surface area contributed by atoms with Gasteiger partial charge in [-0.1, -0.05) is 66.7 Å². The standard InChI is InChI=1S/C28H22N2O2/c1-17(31)30-23-14-8-6-12-20(23)26-25-21(27(32-28(26)30)18-9-3-2-4-10-18)16-29-22-13-7-5-11-19(22)15-24(25)29/h2-15,21,25,27H,16H2,1H3/t21-,25-,27?/m1/s1. The third kappa shape index (κ3) is 2.24. The van der Waals surface area contributed by atoms with Gasteiger partial charge in [-0.2, -0.15) is 0 Å². The monoisotopic (exact) mass is 418 g/mol. The van der Waals surface area contributed by atoms with Gasteiger partial charge in [0.1, 0.15) is 6.10 Å². The van der Waals surface area contributed by atoms with Crippen LogP contribution in [0.2, 0.25) is 0 Å². The summed E-state index contributed by atoms with van der Waals surface area (Å²) in [6.45, 7) is 2.51. The molecule has 2 aromatic heterocycles. The van der Waals surface area contributed by atoms with Crippen LogP contribution in [0, 0.1) is 5.92 Å². The van der Waals surface area contributed by atoms with Crippen molar-refractivity contribution in [1.29, 1.82) is 0 Å². The molecule has 0 saturated carbocycles. The second kappa shape index (κ2) is 6.36. The third-order valence-electron chi connectivity index (χ3n) is 7.23. The molecule has 0 saturated heterocycles. The van der Waals surface area contributed by atoms with Gasteiger partial charge >= 0.3 is 0 Å². The largest absolute Gasteiger partial charge is 0.470 e. The smallest absolute Gasteiger partial charge is 0.230 e. The number of fused-ring (bicyclic) bond motifs is 9. The van der Waals surface area contributed by atoms with Crippen LogP contribution in [0.3, 0.4) is 0 Å². The van der Waals surface area contributed by atoms with Crippen molar-refractivity contribution in [2.75, 3.05) is 0 Å². The van der Waals surface area contributed by atoms with Crippen molar-refractivity contribution in [2.45, 2.75) is 25.5 Å². The maximum absolute atomic E-state index is 12.8. The first kappa shape index (κ1) is 17.8. The van der Waals surface area contributed by atoms with E-state index >= 15 is 0 Å². The molecule has 2 aliphatic rings. The maximum atomic E-state index is 12.8. The molecule has 5 aromatic rings. The van der Waals surface area contributed by atoms with Crippen LogP contribution < -0.4 is 4.74 Å². The van der Waals surface area contributed by atoms with E-state index in [4.69, 9.17) is 4.74 Å². The molecule has 32 heavy (non-hydrogen) atoms. The summed E-state index contributed by atoms with van der Waals surface area (Å²) in [7, 11) is 0. The van der Waals surface area contributed by atoms with Crippen molar-refractivity contribution in [3.05, 3.63) is 102 Å². The number of ether oxygens (including phenoxy) is 1. The van der Waals surface area contributed by atoms with E-state index in [9.17, 15) is 4.79 Å². The SMILES string of the molecule is CC(=O)n1c2c(c3ccccc31)[C@H]1c3cc4ccccc4n3C[C@H]1C(c1ccccc1)O2. The van der Waals surface area contributed by atoms with Gasteiger partial charge in [-0.05, 0) is 29.1 Å². The predicted molar refractivity (Wildman–Crippen MR) is 125 cm³/mol. The first-order chi connectivity index (χ1) is 15.7.